The van der Waals surface area contributed by atoms with Crippen LogP contribution in [0.1, 0.15) is 21.5 Å². The first-order chi connectivity index (χ1) is 9.79. The van der Waals surface area contributed by atoms with Gasteiger partial charge < -0.3 is 11.1 Å². The molecule has 0 aliphatic heterocycles. The zero-order valence-corrected chi connectivity index (χ0v) is 11.2. The van der Waals surface area contributed by atoms with Crippen molar-refractivity contribution in [2.75, 3.05) is 11.1 Å². The standard InChI is InChI=1S/C15H13F3N2O/c1-9-4-2-5-10(8-9)20-14(21)11-6-3-7-12(13(11)19)15(16,17)18/h2-8H,19H2,1H3,(H,20,21). The van der Waals surface area contributed by atoms with Crippen molar-refractivity contribution >= 4 is 17.3 Å². The third-order valence-corrected chi connectivity index (χ3v) is 2.93. The molecule has 0 bridgehead atoms. The van der Waals surface area contributed by atoms with Crippen molar-refractivity contribution in [3.05, 3.63) is 59.2 Å². The van der Waals surface area contributed by atoms with E-state index in [-0.39, 0.29) is 5.56 Å². The van der Waals surface area contributed by atoms with Crippen LogP contribution in [0, 0.1) is 6.92 Å². The summed E-state index contributed by atoms with van der Waals surface area (Å²) in [7, 11) is 0. The Morgan fingerprint density at radius 3 is 2.43 bits per heavy atom. The third kappa shape index (κ3) is 3.34. The average Bonchev–Trinajstić information content (AvgIpc) is 2.37. The second-order valence-electron chi connectivity index (χ2n) is 4.59. The highest BCUT2D eigenvalue weighted by Gasteiger charge is 2.34. The van der Waals surface area contributed by atoms with Gasteiger partial charge in [0, 0.05) is 5.69 Å². The van der Waals surface area contributed by atoms with E-state index in [0.29, 0.717) is 5.69 Å². The Kier molecular flexibility index (Phi) is 3.88. The number of hydrogen-bond acceptors (Lipinski definition) is 2. The Hall–Kier alpha value is -2.50. The van der Waals surface area contributed by atoms with Gasteiger partial charge in [0.2, 0.25) is 0 Å². The molecule has 0 fully saturated rings. The minimum atomic E-state index is -4.59. The van der Waals surface area contributed by atoms with E-state index in [9.17, 15) is 18.0 Å². The van der Waals surface area contributed by atoms with Crippen LogP contribution in [0.25, 0.3) is 0 Å². The molecule has 0 saturated carbocycles. The number of hydrogen-bond donors (Lipinski definition) is 2. The number of carbonyl (C=O) groups is 1. The summed E-state index contributed by atoms with van der Waals surface area (Å²) in [6.45, 7) is 1.84. The number of anilines is 2. The predicted octanol–water partition coefficient (Wildman–Crippen LogP) is 3.85. The summed E-state index contributed by atoms with van der Waals surface area (Å²) >= 11 is 0. The number of nitrogens with one attached hydrogen (secondary N) is 1. The second kappa shape index (κ2) is 5.47. The van der Waals surface area contributed by atoms with Gasteiger partial charge in [-0.15, -0.1) is 0 Å². The maximum Gasteiger partial charge on any atom is 0.418 e. The Labute approximate surface area is 119 Å². The van der Waals surface area contributed by atoms with Crippen LogP contribution < -0.4 is 11.1 Å². The quantitative estimate of drug-likeness (QED) is 0.827. The molecule has 0 aliphatic carbocycles. The number of amides is 1. The van der Waals surface area contributed by atoms with Crippen LogP contribution in [0.15, 0.2) is 42.5 Å². The van der Waals surface area contributed by atoms with Crippen molar-refractivity contribution in [1.29, 1.82) is 0 Å². The number of aryl methyl sites for hydroxylation is 1. The highest BCUT2D eigenvalue weighted by atomic mass is 19.4. The summed E-state index contributed by atoms with van der Waals surface area (Å²) in [5.41, 5.74) is 5.10. The molecule has 0 atom stereocenters. The van der Waals surface area contributed by atoms with Crippen molar-refractivity contribution in [3.63, 3.8) is 0 Å². The molecule has 0 heterocycles. The van der Waals surface area contributed by atoms with E-state index in [1.807, 2.05) is 13.0 Å². The summed E-state index contributed by atoms with van der Waals surface area (Å²) < 4.78 is 38.3. The van der Waals surface area contributed by atoms with E-state index in [1.54, 1.807) is 18.2 Å². The fourth-order valence-corrected chi connectivity index (χ4v) is 1.93. The zero-order chi connectivity index (χ0) is 15.6. The first-order valence-electron chi connectivity index (χ1n) is 6.13. The van der Waals surface area contributed by atoms with Gasteiger partial charge in [-0.05, 0) is 36.8 Å². The molecule has 2 aromatic carbocycles. The summed E-state index contributed by atoms with van der Waals surface area (Å²) in [5.74, 6) is -0.677. The number of benzene rings is 2. The molecule has 3 nitrogen and oxygen atoms in total. The molecule has 0 unspecified atom stereocenters. The number of carbonyl (C=O) groups excluding carboxylic acids is 1. The number of rotatable bonds is 2. The lowest BCUT2D eigenvalue weighted by molar-refractivity contribution is -0.136. The highest BCUT2D eigenvalue weighted by Crippen LogP contribution is 2.35. The van der Waals surface area contributed by atoms with E-state index in [4.69, 9.17) is 5.73 Å². The lowest BCUT2D eigenvalue weighted by atomic mass is 10.1. The van der Waals surface area contributed by atoms with Gasteiger partial charge in [-0.3, -0.25) is 4.79 Å². The minimum Gasteiger partial charge on any atom is -0.398 e. The van der Waals surface area contributed by atoms with Crippen LogP contribution in [0.3, 0.4) is 0 Å². The number of halogens is 3. The third-order valence-electron chi connectivity index (χ3n) is 2.93. The molecule has 0 aromatic heterocycles. The normalized spacial score (nSPS) is 11.2. The van der Waals surface area contributed by atoms with Crippen molar-refractivity contribution in [3.8, 4) is 0 Å². The molecule has 0 radical (unpaired) electrons. The van der Waals surface area contributed by atoms with E-state index in [2.05, 4.69) is 5.32 Å². The van der Waals surface area contributed by atoms with Gasteiger partial charge in [0.05, 0.1) is 16.8 Å². The molecule has 3 N–H and O–H groups in total. The van der Waals surface area contributed by atoms with Crippen LogP contribution in [-0.4, -0.2) is 5.91 Å². The monoisotopic (exact) mass is 294 g/mol. The lowest BCUT2D eigenvalue weighted by Crippen LogP contribution is -2.17. The van der Waals surface area contributed by atoms with Crippen molar-refractivity contribution in [2.24, 2.45) is 0 Å². The molecule has 2 aromatic rings. The van der Waals surface area contributed by atoms with Crippen molar-refractivity contribution < 1.29 is 18.0 Å². The molecule has 110 valence electrons. The SMILES string of the molecule is Cc1cccc(NC(=O)c2cccc(C(F)(F)F)c2N)c1. The zero-order valence-electron chi connectivity index (χ0n) is 11.2. The Balaban J connectivity index is 2.32. The number of alkyl halides is 3. The van der Waals surface area contributed by atoms with Crippen LogP contribution in [-0.2, 0) is 6.18 Å². The molecule has 21 heavy (non-hydrogen) atoms. The summed E-state index contributed by atoms with van der Waals surface area (Å²) in [6, 6.07) is 10.2. The van der Waals surface area contributed by atoms with E-state index < -0.39 is 23.3 Å². The lowest BCUT2D eigenvalue weighted by Gasteiger charge is -2.13. The largest absolute Gasteiger partial charge is 0.418 e. The summed E-state index contributed by atoms with van der Waals surface area (Å²) in [6.07, 6.45) is -4.59. The smallest absolute Gasteiger partial charge is 0.398 e. The van der Waals surface area contributed by atoms with E-state index in [1.165, 1.54) is 6.07 Å². The van der Waals surface area contributed by atoms with Crippen LogP contribution in [0.5, 0.6) is 0 Å². The fourth-order valence-electron chi connectivity index (χ4n) is 1.93. The number of nitrogens with two attached hydrogens (primary N) is 1. The highest BCUT2D eigenvalue weighted by molar-refractivity contribution is 6.08. The van der Waals surface area contributed by atoms with Gasteiger partial charge in [-0.1, -0.05) is 18.2 Å². The van der Waals surface area contributed by atoms with Gasteiger partial charge in [0.1, 0.15) is 0 Å². The molecule has 0 saturated heterocycles. The number of para-hydroxylation sites is 1. The van der Waals surface area contributed by atoms with Crippen molar-refractivity contribution in [2.45, 2.75) is 13.1 Å². The van der Waals surface area contributed by atoms with Crippen molar-refractivity contribution in [1.82, 2.24) is 0 Å². The van der Waals surface area contributed by atoms with Gasteiger partial charge >= 0.3 is 6.18 Å². The Bertz CT molecular complexity index is 681. The molecule has 6 heteroatoms. The predicted molar refractivity (Wildman–Crippen MR) is 75.0 cm³/mol. The van der Waals surface area contributed by atoms with Gasteiger partial charge in [-0.2, -0.15) is 13.2 Å². The molecular formula is C15H13F3N2O. The maximum absolute atomic E-state index is 12.8. The van der Waals surface area contributed by atoms with E-state index >= 15 is 0 Å². The Morgan fingerprint density at radius 1 is 1.14 bits per heavy atom. The molecule has 1 amide bonds. The Morgan fingerprint density at radius 2 is 1.81 bits per heavy atom. The molecule has 2 rings (SSSR count). The van der Waals surface area contributed by atoms with Crippen LogP contribution >= 0.6 is 0 Å². The molecule has 0 spiro atoms. The average molecular weight is 294 g/mol. The molecular weight excluding hydrogens is 281 g/mol. The first kappa shape index (κ1) is 14.9. The second-order valence-corrected chi connectivity index (χ2v) is 4.59. The minimum absolute atomic E-state index is 0.202. The van der Waals surface area contributed by atoms with Gasteiger partial charge in [-0.25, -0.2) is 0 Å². The van der Waals surface area contributed by atoms with Crippen LogP contribution in [0.4, 0.5) is 24.5 Å². The fraction of sp³-hybridized carbons (Fsp3) is 0.133. The van der Waals surface area contributed by atoms with Crippen LogP contribution in [0.2, 0.25) is 0 Å². The van der Waals surface area contributed by atoms with Gasteiger partial charge in [0.25, 0.3) is 5.91 Å². The molecule has 0 aliphatic rings. The topological polar surface area (TPSA) is 55.1 Å². The van der Waals surface area contributed by atoms with Gasteiger partial charge in [0.15, 0.2) is 0 Å². The first-order valence-corrected chi connectivity index (χ1v) is 6.13. The summed E-state index contributed by atoms with van der Waals surface area (Å²) in [5, 5.41) is 2.53. The number of nitrogen functional groups attached to an aromatic ring is 1. The maximum atomic E-state index is 12.8. The summed E-state index contributed by atoms with van der Waals surface area (Å²) in [4.78, 5) is 12.1. The van der Waals surface area contributed by atoms with E-state index in [0.717, 1.165) is 17.7 Å².